The van der Waals surface area contributed by atoms with Crippen LogP contribution in [-0.2, 0) is 32.5 Å². The van der Waals surface area contributed by atoms with E-state index in [9.17, 15) is 0 Å². The summed E-state index contributed by atoms with van der Waals surface area (Å²) in [6, 6.07) is 63.5. The molecule has 0 atom stereocenters. The van der Waals surface area contributed by atoms with E-state index in [1.54, 1.807) is 0 Å². The molecule has 0 amide bonds. The van der Waals surface area contributed by atoms with Gasteiger partial charge < -0.3 is 14.7 Å². The Hall–Kier alpha value is -6.78. The van der Waals surface area contributed by atoms with Crippen molar-refractivity contribution < 1.29 is 0 Å². The van der Waals surface area contributed by atoms with Gasteiger partial charge in [-0.1, -0.05) is 180 Å². The Morgan fingerprint density at radius 1 is 0.351 bits per heavy atom. The van der Waals surface area contributed by atoms with Gasteiger partial charge in [0.1, 0.15) is 0 Å². The average Bonchev–Trinajstić information content (AvgIpc) is 3.78. The highest BCUT2D eigenvalue weighted by molar-refractivity contribution is 7.00. The molecule has 0 fully saturated rings. The van der Waals surface area contributed by atoms with Crippen molar-refractivity contribution in [2.45, 2.75) is 142 Å². The topological polar surface area (TPSA) is 9.72 Å². The molecule has 0 radical (unpaired) electrons. The summed E-state index contributed by atoms with van der Waals surface area (Å²) in [7, 11) is 0. The van der Waals surface area contributed by atoms with Gasteiger partial charge in [0.15, 0.2) is 0 Å². The Morgan fingerprint density at radius 2 is 0.811 bits per heavy atom. The molecule has 370 valence electrons. The lowest BCUT2D eigenvalue weighted by Gasteiger charge is -2.46. The molecule has 3 aliphatic carbocycles. The molecule has 5 aliphatic rings. The number of hydrogen-bond donors (Lipinski definition) is 0. The standard InChI is InChI=1S/C70H72BN3/c1-44-33-52-55(69(10,11)42-66(52,4)5)39-59(44)74-61-40-56-54(68(8,9)43-70(56,12)13)38-58(61)71-57-32-29-46(45-23-17-14-18-24-45)34-60(57)73(49-30-31-51-53(35-49)67(6,7)41-65(51,2)3)62-36-50(37-63(74)64(62)71)72(47-25-19-15-20-26-47)48-27-21-16-22-28-48/h14-40H,41-43H2,1-13H3. The summed E-state index contributed by atoms with van der Waals surface area (Å²) in [6.07, 6.45) is 3.33. The van der Waals surface area contributed by atoms with Gasteiger partial charge in [0, 0.05) is 45.5 Å². The Morgan fingerprint density at radius 3 is 1.38 bits per heavy atom. The SMILES string of the molecule is Cc1cc2c(cc1N1c3cc4c(cc3B3c5ccc(-c6ccccc6)cc5N(c5ccc6c(c5)C(C)(C)CC6(C)C)c5cc(N(c6ccccc6)c6ccccc6)cc1c53)C(C)(C)CC4(C)C)C(C)(C)CC2(C)C. The first-order valence-electron chi connectivity index (χ1n) is 27.4. The predicted molar refractivity (Wildman–Crippen MR) is 317 cm³/mol. The van der Waals surface area contributed by atoms with Crippen molar-refractivity contribution >= 4 is 74.3 Å². The number of nitrogens with zero attached hydrogens (tertiary/aromatic N) is 3. The summed E-state index contributed by atoms with van der Waals surface area (Å²) in [5.74, 6) is 0. The predicted octanol–water partition coefficient (Wildman–Crippen LogP) is 17.1. The molecule has 2 heterocycles. The van der Waals surface area contributed by atoms with Gasteiger partial charge in [-0.2, -0.15) is 0 Å². The molecule has 8 aromatic carbocycles. The highest BCUT2D eigenvalue weighted by Crippen LogP contribution is 2.57. The lowest BCUT2D eigenvalue weighted by Crippen LogP contribution is -2.61. The minimum absolute atomic E-state index is 0.00496. The second-order valence-electron chi connectivity index (χ2n) is 26.9. The highest BCUT2D eigenvalue weighted by Gasteiger charge is 2.50. The molecular formula is C70H72BN3. The smallest absolute Gasteiger partial charge is 0.252 e. The molecule has 0 aromatic heterocycles. The second-order valence-corrected chi connectivity index (χ2v) is 26.9. The van der Waals surface area contributed by atoms with E-state index in [4.69, 9.17) is 0 Å². The maximum Gasteiger partial charge on any atom is 0.252 e. The van der Waals surface area contributed by atoms with Crippen molar-refractivity contribution in [1.29, 1.82) is 0 Å². The third-order valence-electron chi connectivity index (χ3n) is 18.5. The van der Waals surface area contributed by atoms with E-state index in [1.165, 1.54) is 101 Å². The monoisotopic (exact) mass is 966 g/mol. The lowest BCUT2D eigenvalue weighted by atomic mass is 9.33. The first-order chi connectivity index (χ1) is 35.0. The third kappa shape index (κ3) is 6.92. The molecule has 74 heavy (non-hydrogen) atoms. The van der Waals surface area contributed by atoms with Gasteiger partial charge in [-0.3, -0.25) is 0 Å². The van der Waals surface area contributed by atoms with Gasteiger partial charge >= 0.3 is 0 Å². The average molecular weight is 966 g/mol. The van der Waals surface area contributed by atoms with Gasteiger partial charge in [-0.05, 0) is 192 Å². The Balaban J connectivity index is 1.19. The zero-order chi connectivity index (χ0) is 51.6. The highest BCUT2D eigenvalue weighted by atomic mass is 15.2. The van der Waals surface area contributed by atoms with Crippen LogP contribution in [0.1, 0.15) is 141 Å². The summed E-state index contributed by atoms with van der Waals surface area (Å²) >= 11 is 0. The number of anilines is 9. The minimum Gasteiger partial charge on any atom is -0.311 e. The molecule has 0 saturated carbocycles. The van der Waals surface area contributed by atoms with Crippen LogP contribution in [0.3, 0.4) is 0 Å². The summed E-state index contributed by atoms with van der Waals surface area (Å²) in [5.41, 5.74) is 27.8. The van der Waals surface area contributed by atoms with E-state index >= 15 is 0 Å². The van der Waals surface area contributed by atoms with E-state index in [0.717, 1.165) is 36.3 Å². The van der Waals surface area contributed by atoms with Crippen molar-refractivity contribution in [2.75, 3.05) is 14.7 Å². The molecule has 0 spiro atoms. The zero-order valence-corrected chi connectivity index (χ0v) is 46.1. The van der Waals surface area contributed by atoms with Crippen molar-refractivity contribution in [3.05, 3.63) is 203 Å². The molecule has 3 nitrogen and oxygen atoms in total. The first-order valence-corrected chi connectivity index (χ1v) is 27.4. The normalized spacial score (nSPS) is 19.0. The largest absolute Gasteiger partial charge is 0.311 e. The maximum absolute atomic E-state index is 2.73. The van der Waals surface area contributed by atoms with Crippen LogP contribution in [-0.4, -0.2) is 6.71 Å². The maximum atomic E-state index is 2.73. The molecule has 0 bridgehead atoms. The zero-order valence-electron chi connectivity index (χ0n) is 46.1. The molecule has 13 rings (SSSR count). The lowest BCUT2D eigenvalue weighted by molar-refractivity contribution is 0.402. The molecule has 2 aliphatic heterocycles. The Bertz CT molecular complexity index is 3580. The Labute approximate surface area is 442 Å². The summed E-state index contributed by atoms with van der Waals surface area (Å²) < 4.78 is 0. The van der Waals surface area contributed by atoms with Gasteiger partial charge in [-0.15, -0.1) is 0 Å². The molecular weight excluding hydrogens is 894 g/mol. The van der Waals surface area contributed by atoms with E-state index in [2.05, 4.69) is 269 Å². The number of para-hydroxylation sites is 2. The number of rotatable bonds is 6. The van der Waals surface area contributed by atoms with Crippen molar-refractivity contribution in [1.82, 2.24) is 0 Å². The van der Waals surface area contributed by atoms with Crippen LogP contribution in [0.15, 0.2) is 164 Å². The molecule has 0 N–H and O–H groups in total. The molecule has 0 unspecified atom stereocenters. The summed E-state index contributed by atoms with van der Waals surface area (Å²) in [4.78, 5) is 7.88. The van der Waals surface area contributed by atoms with Crippen molar-refractivity contribution in [2.24, 2.45) is 0 Å². The fraction of sp³-hybridized carbons (Fsp3) is 0.314. The number of aryl methyl sites for hydroxylation is 1. The fourth-order valence-electron chi connectivity index (χ4n) is 16.0. The quantitative estimate of drug-likeness (QED) is 0.154. The summed E-state index contributed by atoms with van der Waals surface area (Å²) in [5, 5.41) is 0. The van der Waals surface area contributed by atoms with Crippen LogP contribution in [0.25, 0.3) is 11.1 Å². The fourth-order valence-corrected chi connectivity index (χ4v) is 16.0. The van der Waals surface area contributed by atoms with Crippen LogP contribution < -0.4 is 31.1 Å². The number of benzene rings is 8. The minimum atomic E-state index is -0.0296. The van der Waals surface area contributed by atoms with Crippen LogP contribution >= 0.6 is 0 Å². The van der Waals surface area contributed by atoms with Gasteiger partial charge in [0.2, 0.25) is 0 Å². The first kappa shape index (κ1) is 47.0. The molecule has 4 heteroatoms. The van der Waals surface area contributed by atoms with Crippen LogP contribution in [0.4, 0.5) is 51.2 Å². The van der Waals surface area contributed by atoms with Gasteiger partial charge in [-0.25, -0.2) is 0 Å². The van der Waals surface area contributed by atoms with E-state index in [-0.39, 0.29) is 39.2 Å². The number of hydrogen-bond acceptors (Lipinski definition) is 3. The van der Waals surface area contributed by atoms with Crippen molar-refractivity contribution in [3.8, 4) is 11.1 Å². The second kappa shape index (κ2) is 15.6. The number of fused-ring (bicyclic) bond motifs is 7. The van der Waals surface area contributed by atoms with Gasteiger partial charge in [0.25, 0.3) is 6.71 Å². The van der Waals surface area contributed by atoms with E-state index < -0.39 is 0 Å². The van der Waals surface area contributed by atoms with Crippen LogP contribution in [0.5, 0.6) is 0 Å². The summed E-state index contributed by atoms with van der Waals surface area (Å²) in [6.45, 7) is 31.9. The van der Waals surface area contributed by atoms with E-state index in [1.807, 2.05) is 0 Å². The van der Waals surface area contributed by atoms with E-state index in [0.29, 0.717) is 0 Å². The van der Waals surface area contributed by atoms with Gasteiger partial charge in [0.05, 0.1) is 5.69 Å². The van der Waals surface area contributed by atoms with Crippen LogP contribution in [0.2, 0.25) is 0 Å². The molecule has 8 aromatic rings. The molecule has 0 saturated heterocycles. The van der Waals surface area contributed by atoms with Crippen LogP contribution in [0, 0.1) is 6.92 Å². The van der Waals surface area contributed by atoms with Crippen molar-refractivity contribution in [3.63, 3.8) is 0 Å². The Kier molecular flexibility index (Phi) is 9.93. The third-order valence-corrected chi connectivity index (χ3v) is 18.5.